The molecule has 3 aromatic rings. The van der Waals surface area contributed by atoms with Crippen molar-refractivity contribution in [3.8, 4) is 0 Å². The van der Waals surface area contributed by atoms with Crippen LogP contribution in [-0.2, 0) is 13.6 Å². The third-order valence-corrected chi connectivity index (χ3v) is 4.15. The molecule has 0 atom stereocenters. The van der Waals surface area contributed by atoms with Gasteiger partial charge in [0, 0.05) is 35.9 Å². The van der Waals surface area contributed by atoms with E-state index in [-0.39, 0.29) is 5.82 Å². The van der Waals surface area contributed by atoms with Gasteiger partial charge in [0.05, 0.1) is 0 Å². The second-order valence-corrected chi connectivity index (χ2v) is 5.96. The van der Waals surface area contributed by atoms with Gasteiger partial charge in [0.2, 0.25) is 0 Å². The minimum Gasteiger partial charge on any atom is -0.358 e. The Hall–Kier alpha value is -2.40. The van der Waals surface area contributed by atoms with E-state index >= 15 is 0 Å². The van der Waals surface area contributed by atoms with Crippen LogP contribution in [0.2, 0.25) is 0 Å². The van der Waals surface area contributed by atoms with Crippen LogP contribution in [0.1, 0.15) is 11.3 Å². The van der Waals surface area contributed by atoms with Crippen LogP contribution >= 0.6 is 12.2 Å². The normalized spacial score (nSPS) is 10.7. The average molecular weight is 327 g/mol. The van der Waals surface area contributed by atoms with Crippen molar-refractivity contribution >= 4 is 33.9 Å². The molecule has 2 N–H and O–H groups in total. The van der Waals surface area contributed by atoms with Crippen molar-refractivity contribution in [3.05, 3.63) is 65.6 Å². The maximum atomic E-state index is 12.9. The van der Waals surface area contributed by atoms with Crippen LogP contribution in [0.25, 0.3) is 10.9 Å². The number of aromatic nitrogens is 1. The smallest absolute Gasteiger partial charge is 0.171 e. The number of thiocarbonyl (C=S) groups is 1. The Morgan fingerprint density at radius 3 is 2.61 bits per heavy atom. The molecule has 0 aliphatic heterocycles. The van der Waals surface area contributed by atoms with Crippen molar-refractivity contribution in [1.29, 1.82) is 0 Å². The maximum Gasteiger partial charge on any atom is 0.171 e. The molecule has 0 aliphatic carbocycles. The molecule has 0 saturated heterocycles. The Morgan fingerprint density at radius 2 is 1.87 bits per heavy atom. The molecule has 0 fully saturated rings. The predicted octanol–water partition coefficient (Wildman–Crippen LogP) is 4.11. The van der Waals surface area contributed by atoms with E-state index in [9.17, 15) is 4.39 Å². The second-order valence-electron chi connectivity index (χ2n) is 5.55. The first-order valence-electron chi connectivity index (χ1n) is 7.38. The molecule has 118 valence electrons. The summed E-state index contributed by atoms with van der Waals surface area (Å²) in [6, 6.07) is 14.7. The lowest BCUT2D eigenvalue weighted by Gasteiger charge is -2.11. The van der Waals surface area contributed by atoms with Gasteiger partial charge in [0.25, 0.3) is 0 Å². The first-order chi connectivity index (χ1) is 11.0. The Bertz CT molecular complexity index is 853. The molecule has 0 spiro atoms. The summed E-state index contributed by atoms with van der Waals surface area (Å²) in [7, 11) is 2.07. The first-order valence-corrected chi connectivity index (χ1v) is 7.79. The molecule has 0 unspecified atom stereocenters. The van der Waals surface area contributed by atoms with Crippen LogP contribution in [0.4, 0.5) is 10.1 Å². The average Bonchev–Trinajstić information content (AvgIpc) is 2.82. The van der Waals surface area contributed by atoms with Crippen molar-refractivity contribution in [2.24, 2.45) is 7.05 Å². The Kier molecular flexibility index (Phi) is 4.30. The van der Waals surface area contributed by atoms with Gasteiger partial charge in [0.15, 0.2) is 5.11 Å². The van der Waals surface area contributed by atoms with E-state index in [4.69, 9.17) is 12.2 Å². The molecule has 3 nitrogen and oxygen atoms in total. The lowest BCUT2D eigenvalue weighted by molar-refractivity contribution is 0.628. The second kappa shape index (κ2) is 6.38. The lowest BCUT2D eigenvalue weighted by atomic mass is 10.1. The maximum absolute atomic E-state index is 12.9. The molecule has 3 rings (SSSR count). The van der Waals surface area contributed by atoms with E-state index in [0.717, 1.165) is 11.3 Å². The Balaban J connectivity index is 1.63. The molecule has 1 aromatic heterocycles. The number of hydrogen-bond acceptors (Lipinski definition) is 1. The van der Waals surface area contributed by atoms with Gasteiger partial charge in [-0.15, -0.1) is 0 Å². The van der Waals surface area contributed by atoms with E-state index < -0.39 is 0 Å². The summed E-state index contributed by atoms with van der Waals surface area (Å²) in [5, 5.41) is 7.95. The van der Waals surface area contributed by atoms with Gasteiger partial charge in [0.1, 0.15) is 5.82 Å². The van der Waals surface area contributed by atoms with E-state index in [1.54, 1.807) is 12.1 Å². The molecule has 0 saturated carbocycles. The summed E-state index contributed by atoms with van der Waals surface area (Å²) in [4.78, 5) is 0. The molecule has 0 bridgehead atoms. The fraction of sp³-hybridized carbons (Fsp3) is 0.167. The highest BCUT2D eigenvalue weighted by Gasteiger charge is 2.04. The molecule has 0 amide bonds. The number of benzene rings is 2. The monoisotopic (exact) mass is 327 g/mol. The van der Waals surface area contributed by atoms with Crippen molar-refractivity contribution in [2.45, 2.75) is 13.5 Å². The number of rotatable bonds is 3. The summed E-state index contributed by atoms with van der Waals surface area (Å²) in [6.07, 6.45) is 0. The molecular weight excluding hydrogens is 309 g/mol. The number of anilines is 1. The van der Waals surface area contributed by atoms with Gasteiger partial charge in [-0.1, -0.05) is 6.07 Å². The van der Waals surface area contributed by atoms with Crippen molar-refractivity contribution in [3.63, 3.8) is 0 Å². The standard InChI is InChI=1S/C18H18FN3S/c1-12-9-14-10-13(3-8-17(14)22(12)2)11-20-18(23)21-16-6-4-15(19)5-7-16/h3-10H,11H2,1-2H3,(H2,20,21,23). The van der Waals surface area contributed by atoms with Gasteiger partial charge < -0.3 is 15.2 Å². The molecular formula is C18H18FN3S. The number of fused-ring (bicyclic) bond motifs is 1. The SMILES string of the molecule is Cc1cc2cc(CNC(=S)Nc3ccc(F)cc3)ccc2n1C. The van der Waals surface area contributed by atoms with E-state index in [0.29, 0.717) is 11.7 Å². The zero-order valence-electron chi connectivity index (χ0n) is 13.1. The van der Waals surface area contributed by atoms with Gasteiger partial charge in [-0.25, -0.2) is 4.39 Å². The van der Waals surface area contributed by atoms with Gasteiger partial charge in [-0.05, 0) is 67.2 Å². The van der Waals surface area contributed by atoms with Gasteiger partial charge in [-0.2, -0.15) is 0 Å². The topological polar surface area (TPSA) is 29.0 Å². The molecule has 2 aromatic carbocycles. The van der Waals surface area contributed by atoms with E-state index in [1.165, 1.54) is 28.7 Å². The van der Waals surface area contributed by atoms with Gasteiger partial charge >= 0.3 is 0 Å². The summed E-state index contributed by atoms with van der Waals surface area (Å²) in [5.41, 5.74) is 4.38. The van der Waals surface area contributed by atoms with E-state index in [1.807, 2.05) is 0 Å². The number of nitrogens with one attached hydrogen (secondary N) is 2. The van der Waals surface area contributed by atoms with Crippen LogP contribution < -0.4 is 10.6 Å². The third-order valence-electron chi connectivity index (χ3n) is 3.90. The van der Waals surface area contributed by atoms with Crippen LogP contribution in [0.15, 0.2) is 48.5 Å². The molecule has 23 heavy (non-hydrogen) atoms. The summed E-state index contributed by atoms with van der Waals surface area (Å²) < 4.78 is 15.0. The van der Waals surface area contributed by atoms with Gasteiger partial charge in [-0.3, -0.25) is 0 Å². The zero-order chi connectivity index (χ0) is 16.4. The molecule has 5 heteroatoms. The number of aryl methyl sites for hydroxylation is 2. The summed E-state index contributed by atoms with van der Waals surface area (Å²) >= 11 is 5.27. The molecule has 1 heterocycles. The number of nitrogens with zero attached hydrogens (tertiary/aromatic N) is 1. The third kappa shape index (κ3) is 3.51. The molecule has 0 radical (unpaired) electrons. The van der Waals surface area contributed by atoms with Crippen molar-refractivity contribution in [1.82, 2.24) is 9.88 Å². The lowest BCUT2D eigenvalue weighted by Crippen LogP contribution is -2.27. The Labute approximate surface area is 140 Å². The highest BCUT2D eigenvalue weighted by Crippen LogP contribution is 2.19. The number of halogens is 1. The van der Waals surface area contributed by atoms with E-state index in [2.05, 4.69) is 53.4 Å². The zero-order valence-corrected chi connectivity index (χ0v) is 13.9. The van der Waals surface area contributed by atoms with Crippen LogP contribution in [0.3, 0.4) is 0 Å². The summed E-state index contributed by atoms with van der Waals surface area (Å²) in [6.45, 7) is 2.73. The predicted molar refractivity (Wildman–Crippen MR) is 97.1 cm³/mol. The number of hydrogen-bond donors (Lipinski definition) is 2. The van der Waals surface area contributed by atoms with Crippen LogP contribution in [-0.4, -0.2) is 9.68 Å². The molecule has 0 aliphatic rings. The summed E-state index contributed by atoms with van der Waals surface area (Å²) in [5.74, 6) is -0.263. The fourth-order valence-corrected chi connectivity index (χ4v) is 2.73. The van der Waals surface area contributed by atoms with Crippen LogP contribution in [0.5, 0.6) is 0 Å². The fourth-order valence-electron chi connectivity index (χ4n) is 2.54. The quantitative estimate of drug-likeness (QED) is 0.709. The highest BCUT2D eigenvalue weighted by atomic mass is 32.1. The van der Waals surface area contributed by atoms with Crippen LogP contribution in [0, 0.1) is 12.7 Å². The van der Waals surface area contributed by atoms with Crippen molar-refractivity contribution in [2.75, 3.05) is 5.32 Å². The first kappa shape index (κ1) is 15.5. The van der Waals surface area contributed by atoms with Crippen molar-refractivity contribution < 1.29 is 4.39 Å². The Morgan fingerprint density at radius 1 is 1.13 bits per heavy atom. The highest BCUT2D eigenvalue weighted by molar-refractivity contribution is 7.80. The largest absolute Gasteiger partial charge is 0.358 e. The minimum absolute atomic E-state index is 0.263. The minimum atomic E-state index is -0.263.